The summed E-state index contributed by atoms with van der Waals surface area (Å²) in [5.41, 5.74) is 0. The van der Waals surface area contributed by atoms with Crippen LogP contribution in [0, 0.1) is 0 Å². The molecular formula is C16H16O4. The number of hydrogen-bond acceptors (Lipinski definition) is 4. The van der Waals surface area contributed by atoms with Crippen molar-refractivity contribution >= 4 is 5.97 Å². The third kappa shape index (κ3) is 3.51. The summed E-state index contributed by atoms with van der Waals surface area (Å²) >= 11 is 0. The van der Waals surface area contributed by atoms with E-state index < -0.39 is 12.1 Å². The first kappa shape index (κ1) is 13.9. The lowest BCUT2D eigenvalue weighted by atomic mass is 10.3. The Kier molecular flexibility index (Phi) is 4.60. The second-order valence-corrected chi connectivity index (χ2v) is 4.15. The molecule has 0 aromatic heterocycles. The van der Waals surface area contributed by atoms with Crippen LogP contribution in [0.5, 0.6) is 17.2 Å². The van der Waals surface area contributed by atoms with Crippen molar-refractivity contribution in [3.8, 4) is 17.2 Å². The largest absolute Gasteiger partial charge is 0.493 e. The Morgan fingerprint density at radius 3 is 2.20 bits per heavy atom. The second-order valence-electron chi connectivity index (χ2n) is 4.15. The fourth-order valence-electron chi connectivity index (χ4n) is 1.64. The number of rotatable bonds is 5. The lowest BCUT2D eigenvalue weighted by Gasteiger charge is -2.15. The van der Waals surface area contributed by atoms with Gasteiger partial charge in [-0.25, -0.2) is 4.79 Å². The minimum atomic E-state index is -0.730. The molecule has 2 aromatic carbocycles. The van der Waals surface area contributed by atoms with Gasteiger partial charge in [0.2, 0.25) is 0 Å². The van der Waals surface area contributed by atoms with Gasteiger partial charge in [0, 0.05) is 0 Å². The number of benzene rings is 2. The first-order valence-corrected chi connectivity index (χ1v) is 6.27. The maximum absolute atomic E-state index is 11.9. The highest BCUT2D eigenvalue weighted by Gasteiger charge is 2.18. The maximum Gasteiger partial charge on any atom is 0.352 e. The van der Waals surface area contributed by atoms with E-state index in [2.05, 4.69) is 0 Å². The highest BCUT2D eigenvalue weighted by molar-refractivity contribution is 5.77. The van der Waals surface area contributed by atoms with Crippen LogP contribution in [0.2, 0.25) is 0 Å². The highest BCUT2D eigenvalue weighted by atomic mass is 16.6. The molecule has 0 N–H and O–H groups in total. The molecule has 0 saturated carbocycles. The zero-order chi connectivity index (χ0) is 14.4. The van der Waals surface area contributed by atoms with Gasteiger partial charge in [0.05, 0.1) is 7.11 Å². The lowest BCUT2D eigenvalue weighted by molar-refractivity contribution is -0.141. The summed E-state index contributed by atoms with van der Waals surface area (Å²) in [5.74, 6) is 1.12. The van der Waals surface area contributed by atoms with E-state index in [1.165, 1.54) is 0 Å². The summed E-state index contributed by atoms with van der Waals surface area (Å²) in [4.78, 5) is 11.9. The Bertz CT molecular complexity index is 566. The molecule has 0 amide bonds. The van der Waals surface area contributed by atoms with Crippen molar-refractivity contribution in [2.24, 2.45) is 0 Å². The average molecular weight is 272 g/mol. The lowest BCUT2D eigenvalue weighted by Crippen LogP contribution is -2.28. The molecule has 0 bridgehead atoms. The molecule has 20 heavy (non-hydrogen) atoms. The van der Waals surface area contributed by atoms with Gasteiger partial charge in [-0.05, 0) is 31.2 Å². The molecule has 104 valence electrons. The Morgan fingerprint density at radius 1 is 0.950 bits per heavy atom. The monoisotopic (exact) mass is 272 g/mol. The van der Waals surface area contributed by atoms with E-state index in [1.54, 1.807) is 50.4 Å². The molecule has 4 nitrogen and oxygen atoms in total. The number of esters is 1. The van der Waals surface area contributed by atoms with Crippen molar-refractivity contribution in [2.45, 2.75) is 13.0 Å². The van der Waals surface area contributed by atoms with Gasteiger partial charge in [-0.2, -0.15) is 0 Å². The molecule has 0 radical (unpaired) electrons. The van der Waals surface area contributed by atoms with Gasteiger partial charge in [-0.3, -0.25) is 0 Å². The van der Waals surface area contributed by atoms with E-state index in [-0.39, 0.29) is 0 Å². The quantitative estimate of drug-likeness (QED) is 0.620. The minimum absolute atomic E-state index is 0.456. The topological polar surface area (TPSA) is 44.8 Å². The van der Waals surface area contributed by atoms with Crippen molar-refractivity contribution in [3.63, 3.8) is 0 Å². The molecule has 2 aromatic rings. The smallest absolute Gasteiger partial charge is 0.352 e. The van der Waals surface area contributed by atoms with Crippen molar-refractivity contribution in [1.29, 1.82) is 0 Å². The molecule has 4 heteroatoms. The Balaban J connectivity index is 2.01. The highest BCUT2D eigenvalue weighted by Crippen LogP contribution is 2.27. The SMILES string of the molecule is COc1ccccc1O[C@H](C)C(=O)Oc1ccccc1. The van der Waals surface area contributed by atoms with Gasteiger partial charge < -0.3 is 14.2 Å². The van der Waals surface area contributed by atoms with Crippen LogP contribution in [-0.4, -0.2) is 19.2 Å². The zero-order valence-corrected chi connectivity index (χ0v) is 11.4. The average Bonchev–Trinajstić information content (AvgIpc) is 2.48. The third-order valence-corrected chi connectivity index (χ3v) is 2.67. The predicted octanol–water partition coefficient (Wildman–Crippen LogP) is 3.07. The van der Waals surface area contributed by atoms with Crippen molar-refractivity contribution < 1.29 is 19.0 Å². The number of para-hydroxylation sites is 3. The number of ether oxygens (including phenoxy) is 3. The van der Waals surface area contributed by atoms with Crippen LogP contribution < -0.4 is 14.2 Å². The van der Waals surface area contributed by atoms with E-state index in [0.717, 1.165) is 0 Å². The zero-order valence-electron chi connectivity index (χ0n) is 11.4. The molecular weight excluding hydrogens is 256 g/mol. The molecule has 0 aliphatic carbocycles. The van der Waals surface area contributed by atoms with E-state index in [1.807, 2.05) is 18.2 Å². The fraction of sp³-hybridized carbons (Fsp3) is 0.188. The number of carbonyl (C=O) groups is 1. The summed E-state index contributed by atoms with van der Waals surface area (Å²) in [5, 5.41) is 0. The molecule has 2 rings (SSSR count). The van der Waals surface area contributed by atoms with Crippen molar-refractivity contribution in [1.82, 2.24) is 0 Å². The van der Waals surface area contributed by atoms with Gasteiger partial charge in [0.1, 0.15) is 5.75 Å². The summed E-state index contributed by atoms with van der Waals surface area (Å²) < 4.78 is 16.0. The molecule has 0 aliphatic rings. The van der Waals surface area contributed by atoms with Crippen LogP contribution >= 0.6 is 0 Å². The van der Waals surface area contributed by atoms with Crippen molar-refractivity contribution in [2.75, 3.05) is 7.11 Å². The number of methoxy groups -OCH3 is 1. The molecule has 0 fully saturated rings. The van der Waals surface area contributed by atoms with Crippen LogP contribution in [0.4, 0.5) is 0 Å². The van der Waals surface area contributed by atoms with Gasteiger partial charge in [0.15, 0.2) is 17.6 Å². The van der Waals surface area contributed by atoms with Crippen LogP contribution in [0.15, 0.2) is 54.6 Å². The Hall–Kier alpha value is -2.49. The van der Waals surface area contributed by atoms with Gasteiger partial charge in [-0.15, -0.1) is 0 Å². The standard InChI is InChI=1S/C16H16O4/c1-12(16(17)20-13-8-4-3-5-9-13)19-15-11-7-6-10-14(15)18-2/h3-12H,1-2H3/t12-/m1/s1. The minimum Gasteiger partial charge on any atom is -0.493 e. The first-order valence-electron chi connectivity index (χ1n) is 6.27. The Morgan fingerprint density at radius 2 is 1.55 bits per heavy atom. The maximum atomic E-state index is 11.9. The summed E-state index contributed by atoms with van der Waals surface area (Å²) in [6, 6.07) is 16.0. The molecule has 0 heterocycles. The molecule has 0 unspecified atom stereocenters. The summed E-state index contributed by atoms with van der Waals surface area (Å²) in [6.07, 6.45) is -0.730. The van der Waals surface area contributed by atoms with Gasteiger partial charge in [-0.1, -0.05) is 30.3 Å². The normalized spacial score (nSPS) is 11.5. The molecule has 0 spiro atoms. The van der Waals surface area contributed by atoms with E-state index in [9.17, 15) is 4.79 Å². The summed E-state index contributed by atoms with van der Waals surface area (Å²) in [7, 11) is 1.55. The summed E-state index contributed by atoms with van der Waals surface area (Å²) in [6.45, 7) is 1.64. The van der Waals surface area contributed by atoms with Crippen LogP contribution in [0.25, 0.3) is 0 Å². The van der Waals surface area contributed by atoms with E-state index in [0.29, 0.717) is 17.2 Å². The second kappa shape index (κ2) is 6.61. The van der Waals surface area contributed by atoms with Crippen LogP contribution in [0.3, 0.4) is 0 Å². The van der Waals surface area contributed by atoms with Crippen LogP contribution in [0.1, 0.15) is 6.92 Å². The predicted molar refractivity (Wildman–Crippen MR) is 75.2 cm³/mol. The third-order valence-electron chi connectivity index (χ3n) is 2.67. The van der Waals surface area contributed by atoms with Crippen molar-refractivity contribution in [3.05, 3.63) is 54.6 Å². The first-order chi connectivity index (χ1) is 9.70. The Labute approximate surface area is 117 Å². The van der Waals surface area contributed by atoms with E-state index >= 15 is 0 Å². The number of carbonyl (C=O) groups excluding carboxylic acids is 1. The molecule has 0 aliphatic heterocycles. The molecule has 0 saturated heterocycles. The number of hydrogen-bond donors (Lipinski definition) is 0. The van der Waals surface area contributed by atoms with Gasteiger partial charge in [0.25, 0.3) is 0 Å². The van der Waals surface area contributed by atoms with E-state index in [4.69, 9.17) is 14.2 Å². The fourth-order valence-corrected chi connectivity index (χ4v) is 1.64. The van der Waals surface area contributed by atoms with Crippen LogP contribution in [-0.2, 0) is 4.79 Å². The van der Waals surface area contributed by atoms with Gasteiger partial charge >= 0.3 is 5.97 Å². The molecule has 1 atom stereocenters.